The number of hydrogen-bond donors (Lipinski definition) is 0. The number of carbonyl (C=O) groups excluding carboxylic acids is 1. The zero-order chi connectivity index (χ0) is 19.6. The van der Waals surface area contributed by atoms with Crippen molar-refractivity contribution in [3.63, 3.8) is 0 Å². The maximum absolute atomic E-state index is 13.0. The summed E-state index contributed by atoms with van der Waals surface area (Å²) in [4.78, 5) is 23.2. The number of halogens is 3. The van der Waals surface area contributed by atoms with Crippen molar-refractivity contribution in [2.24, 2.45) is 0 Å². The molecule has 1 aromatic carbocycles. The van der Waals surface area contributed by atoms with Crippen molar-refractivity contribution in [3.8, 4) is 5.75 Å². The van der Waals surface area contributed by atoms with E-state index in [0.717, 1.165) is 11.6 Å². The van der Waals surface area contributed by atoms with Crippen LogP contribution in [0.3, 0.4) is 0 Å². The number of nitrogens with zero attached hydrogens (tertiary/aromatic N) is 4. The van der Waals surface area contributed by atoms with Crippen LogP contribution in [0.1, 0.15) is 17.1 Å². The van der Waals surface area contributed by atoms with Crippen LogP contribution in [0.4, 0.5) is 19.0 Å². The van der Waals surface area contributed by atoms with Gasteiger partial charge in [-0.1, -0.05) is 12.1 Å². The number of hydrogen-bond acceptors (Lipinski definition) is 5. The molecule has 0 radical (unpaired) electrons. The summed E-state index contributed by atoms with van der Waals surface area (Å²) in [5.41, 5.74) is -0.0790. The van der Waals surface area contributed by atoms with Gasteiger partial charge in [0, 0.05) is 25.7 Å². The largest absolute Gasteiger partial charge is 0.497 e. The average molecular weight is 380 g/mol. The first-order chi connectivity index (χ1) is 12.8. The average Bonchev–Trinajstić information content (AvgIpc) is 2.62. The SMILES string of the molecule is COc1cccc(CN2CCN(c3cc(C(F)(F)F)nc(C)n3)CC2=O)c1. The molecule has 0 bridgehead atoms. The van der Waals surface area contributed by atoms with E-state index in [4.69, 9.17) is 4.74 Å². The number of methoxy groups -OCH3 is 1. The molecule has 1 aromatic heterocycles. The molecule has 1 aliphatic rings. The molecule has 0 aliphatic carbocycles. The second-order valence-electron chi connectivity index (χ2n) is 6.24. The van der Waals surface area contributed by atoms with Gasteiger partial charge in [0.15, 0.2) is 0 Å². The molecule has 9 heteroatoms. The first-order valence-corrected chi connectivity index (χ1v) is 8.35. The summed E-state index contributed by atoms with van der Waals surface area (Å²) < 4.78 is 44.1. The van der Waals surface area contributed by atoms with Gasteiger partial charge in [-0.25, -0.2) is 9.97 Å². The number of anilines is 1. The molecular weight excluding hydrogens is 361 g/mol. The molecular formula is C18H19F3N4O2. The van der Waals surface area contributed by atoms with Crippen molar-refractivity contribution in [2.75, 3.05) is 31.6 Å². The second kappa shape index (κ2) is 7.42. The van der Waals surface area contributed by atoms with Crippen LogP contribution in [0.2, 0.25) is 0 Å². The van der Waals surface area contributed by atoms with Crippen LogP contribution in [0.25, 0.3) is 0 Å². The summed E-state index contributed by atoms with van der Waals surface area (Å²) in [5, 5.41) is 0. The van der Waals surface area contributed by atoms with E-state index in [-0.39, 0.29) is 24.1 Å². The first-order valence-electron chi connectivity index (χ1n) is 8.35. The fraction of sp³-hybridized carbons (Fsp3) is 0.389. The summed E-state index contributed by atoms with van der Waals surface area (Å²) in [6, 6.07) is 8.29. The van der Waals surface area contributed by atoms with E-state index in [1.165, 1.54) is 6.92 Å². The molecule has 0 atom stereocenters. The van der Waals surface area contributed by atoms with E-state index in [1.807, 2.05) is 24.3 Å². The van der Waals surface area contributed by atoms with Crippen molar-refractivity contribution < 1.29 is 22.7 Å². The highest BCUT2D eigenvalue weighted by molar-refractivity contribution is 5.82. The third-order valence-electron chi connectivity index (χ3n) is 4.27. The Balaban J connectivity index is 1.71. The fourth-order valence-corrected chi connectivity index (χ4v) is 2.92. The Hall–Kier alpha value is -2.84. The minimum atomic E-state index is -4.55. The molecule has 3 rings (SSSR count). The first kappa shape index (κ1) is 18.9. The van der Waals surface area contributed by atoms with Gasteiger partial charge in [0.2, 0.25) is 5.91 Å². The third-order valence-corrected chi connectivity index (χ3v) is 4.27. The van der Waals surface area contributed by atoms with Gasteiger partial charge in [0.1, 0.15) is 23.1 Å². The monoisotopic (exact) mass is 380 g/mol. The lowest BCUT2D eigenvalue weighted by atomic mass is 10.2. The number of carbonyl (C=O) groups is 1. The Morgan fingerprint density at radius 1 is 1.19 bits per heavy atom. The number of aryl methyl sites for hydroxylation is 1. The summed E-state index contributed by atoms with van der Waals surface area (Å²) >= 11 is 0. The van der Waals surface area contributed by atoms with E-state index in [1.54, 1.807) is 16.9 Å². The smallest absolute Gasteiger partial charge is 0.433 e. The quantitative estimate of drug-likeness (QED) is 0.816. The summed E-state index contributed by atoms with van der Waals surface area (Å²) in [6.07, 6.45) is -4.55. The molecule has 0 unspecified atom stereocenters. The summed E-state index contributed by atoms with van der Waals surface area (Å²) in [7, 11) is 1.57. The highest BCUT2D eigenvalue weighted by atomic mass is 19.4. The molecule has 1 fully saturated rings. The normalized spacial score (nSPS) is 15.2. The lowest BCUT2D eigenvalue weighted by Gasteiger charge is -2.35. The van der Waals surface area contributed by atoms with Crippen LogP contribution in [-0.4, -0.2) is 47.5 Å². The highest BCUT2D eigenvalue weighted by Crippen LogP contribution is 2.30. The number of amides is 1. The van der Waals surface area contributed by atoms with Crippen molar-refractivity contribution in [1.82, 2.24) is 14.9 Å². The van der Waals surface area contributed by atoms with Gasteiger partial charge in [-0.05, 0) is 24.6 Å². The maximum atomic E-state index is 13.0. The molecule has 1 amide bonds. The van der Waals surface area contributed by atoms with Crippen LogP contribution in [-0.2, 0) is 17.5 Å². The fourth-order valence-electron chi connectivity index (χ4n) is 2.92. The molecule has 0 spiro atoms. The van der Waals surface area contributed by atoms with E-state index in [0.29, 0.717) is 25.4 Å². The van der Waals surface area contributed by atoms with Crippen LogP contribution >= 0.6 is 0 Å². The summed E-state index contributed by atoms with van der Waals surface area (Å²) in [6.45, 7) is 2.57. The highest BCUT2D eigenvalue weighted by Gasteiger charge is 2.34. The topological polar surface area (TPSA) is 58.6 Å². The zero-order valence-electron chi connectivity index (χ0n) is 15.0. The van der Waals surface area contributed by atoms with Crippen LogP contribution < -0.4 is 9.64 Å². The number of piperazine rings is 1. The van der Waals surface area contributed by atoms with Gasteiger partial charge in [-0.15, -0.1) is 0 Å². The molecule has 1 aliphatic heterocycles. The molecule has 1 saturated heterocycles. The van der Waals surface area contributed by atoms with Gasteiger partial charge in [-0.2, -0.15) is 13.2 Å². The van der Waals surface area contributed by atoms with E-state index >= 15 is 0 Å². The minimum absolute atomic E-state index is 0.0195. The van der Waals surface area contributed by atoms with Crippen LogP contribution in [0.15, 0.2) is 30.3 Å². The molecule has 144 valence electrons. The second-order valence-corrected chi connectivity index (χ2v) is 6.24. The van der Waals surface area contributed by atoms with E-state index in [2.05, 4.69) is 9.97 Å². The lowest BCUT2D eigenvalue weighted by Crippen LogP contribution is -2.50. The predicted molar refractivity (Wildman–Crippen MR) is 92.4 cm³/mol. The van der Waals surface area contributed by atoms with Gasteiger partial charge in [-0.3, -0.25) is 4.79 Å². The number of rotatable bonds is 4. The summed E-state index contributed by atoms with van der Waals surface area (Å²) in [5.74, 6) is 0.666. The third kappa shape index (κ3) is 4.47. The number of alkyl halides is 3. The predicted octanol–water partition coefficient (Wildman–Crippen LogP) is 2.66. The zero-order valence-corrected chi connectivity index (χ0v) is 15.0. The Kier molecular flexibility index (Phi) is 5.20. The van der Waals surface area contributed by atoms with Crippen LogP contribution in [0.5, 0.6) is 5.75 Å². The van der Waals surface area contributed by atoms with E-state index < -0.39 is 11.9 Å². The van der Waals surface area contributed by atoms with Gasteiger partial charge in [0.05, 0.1) is 13.7 Å². The Morgan fingerprint density at radius 3 is 2.63 bits per heavy atom. The molecule has 2 heterocycles. The van der Waals surface area contributed by atoms with Gasteiger partial charge >= 0.3 is 6.18 Å². The molecule has 6 nitrogen and oxygen atoms in total. The Morgan fingerprint density at radius 2 is 1.96 bits per heavy atom. The van der Waals surface area contributed by atoms with E-state index in [9.17, 15) is 18.0 Å². The maximum Gasteiger partial charge on any atom is 0.433 e. The van der Waals surface area contributed by atoms with Crippen molar-refractivity contribution in [1.29, 1.82) is 0 Å². The number of benzene rings is 1. The standard InChI is InChI=1S/C18H19F3N4O2/c1-12-22-15(18(19,20)21)9-16(23-12)24-6-7-25(17(26)11-24)10-13-4-3-5-14(8-13)27-2/h3-5,8-9H,6-7,10-11H2,1-2H3. The molecule has 27 heavy (non-hydrogen) atoms. The Bertz CT molecular complexity index is 842. The van der Waals surface area contributed by atoms with Crippen LogP contribution in [0, 0.1) is 6.92 Å². The van der Waals surface area contributed by atoms with Crippen molar-refractivity contribution >= 4 is 11.7 Å². The van der Waals surface area contributed by atoms with Gasteiger partial charge < -0.3 is 14.5 Å². The Labute approximate surface area is 154 Å². The number of ether oxygens (including phenoxy) is 1. The van der Waals surface area contributed by atoms with Crippen molar-refractivity contribution in [2.45, 2.75) is 19.6 Å². The minimum Gasteiger partial charge on any atom is -0.497 e. The molecule has 2 aromatic rings. The molecule has 0 N–H and O–H groups in total. The lowest BCUT2D eigenvalue weighted by molar-refractivity contribution is -0.141. The van der Waals surface area contributed by atoms with Crippen molar-refractivity contribution in [3.05, 3.63) is 47.4 Å². The molecule has 0 saturated carbocycles. The number of aromatic nitrogens is 2. The van der Waals surface area contributed by atoms with Gasteiger partial charge in [0.25, 0.3) is 0 Å².